The molecule has 1 aliphatic heterocycles. The van der Waals surface area contributed by atoms with E-state index in [0.717, 1.165) is 44.4 Å². The Labute approximate surface area is 149 Å². The topological polar surface area (TPSA) is 61.7 Å². The number of anilines is 1. The molecule has 1 aromatic heterocycles. The van der Waals surface area contributed by atoms with Gasteiger partial charge in [0.1, 0.15) is 0 Å². The summed E-state index contributed by atoms with van der Waals surface area (Å²) >= 11 is 0. The Balaban J connectivity index is 1.65. The third kappa shape index (κ3) is 4.75. The number of aliphatic hydroxyl groups is 1. The van der Waals surface area contributed by atoms with Crippen LogP contribution in [0.5, 0.6) is 0 Å². The number of aromatic nitrogens is 2. The zero-order valence-electron chi connectivity index (χ0n) is 14.7. The van der Waals surface area contributed by atoms with Crippen molar-refractivity contribution >= 4 is 5.95 Å². The van der Waals surface area contributed by atoms with Crippen molar-refractivity contribution in [3.05, 3.63) is 53.9 Å². The maximum absolute atomic E-state index is 9.43. The predicted octanol–water partition coefficient (Wildman–Crippen LogP) is 1.87. The van der Waals surface area contributed by atoms with E-state index in [9.17, 15) is 5.11 Å². The first-order valence-electron chi connectivity index (χ1n) is 8.77. The fraction of sp³-hybridized carbons (Fsp3) is 0.474. The van der Waals surface area contributed by atoms with Gasteiger partial charge in [0.2, 0.25) is 5.95 Å². The van der Waals surface area contributed by atoms with Crippen molar-refractivity contribution in [2.75, 3.05) is 44.9 Å². The van der Waals surface area contributed by atoms with Gasteiger partial charge in [-0.3, -0.25) is 4.90 Å². The fourth-order valence-electron chi connectivity index (χ4n) is 3.19. The number of rotatable bonds is 7. The molecule has 6 nitrogen and oxygen atoms in total. The number of hydrogen-bond acceptors (Lipinski definition) is 6. The largest absolute Gasteiger partial charge is 0.396 e. The van der Waals surface area contributed by atoms with E-state index in [0.29, 0.717) is 6.42 Å². The van der Waals surface area contributed by atoms with Gasteiger partial charge in [-0.15, -0.1) is 0 Å². The molecule has 0 spiro atoms. The highest BCUT2D eigenvalue weighted by molar-refractivity contribution is 5.30. The van der Waals surface area contributed by atoms with Crippen LogP contribution in [-0.2, 0) is 11.3 Å². The summed E-state index contributed by atoms with van der Waals surface area (Å²) in [5.41, 5.74) is 2.28. The van der Waals surface area contributed by atoms with Gasteiger partial charge in [0.15, 0.2) is 0 Å². The molecule has 2 aromatic rings. The molecule has 1 aliphatic rings. The standard InChI is InChI=1S/C19H26N4O2/c1-22(18(7-10-24)17-5-3-2-4-6-17)15-16-13-20-19(21-14-16)23-8-11-25-12-9-23/h2-6,13-14,18,24H,7-12,15H2,1H3. The third-order valence-electron chi connectivity index (χ3n) is 4.54. The van der Waals surface area contributed by atoms with Gasteiger partial charge in [0.05, 0.1) is 13.2 Å². The van der Waals surface area contributed by atoms with Gasteiger partial charge in [-0.2, -0.15) is 0 Å². The van der Waals surface area contributed by atoms with Crippen LogP contribution in [0.4, 0.5) is 5.95 Å². The monoisotopic (exact) mass is 342 g/mol. The van der Waals surface area contributed by atoms with Crippen molar-refractivity contribution in [3.63, 3.8) is 0 Å². The highest BCUT2D eigenvalue weighted by Crippen LogP contribution is 2.24. The van der Waals surface area contributed by atoms with Gasteiger partial charge >= 0.3 is 0 Å². The Morgan fingerprint density at radius 1 is 1.16 bits per heavy atom. The first-order chi connectivity index (χ1) is 12.3. The fourth-order valence-corrected chi connectivity index (χ4v) is 3.19. The normalized spacial score (nSPS) is 16.2. The van der Waals surface area contributed by atoms with E-state index in [1.165, 1.54) is 5.56 Å². The molecule has 0 radical (unpaired) electrons. The molecule has 1 atom stereocenters. The van der Waals surface area contributed by atoms with Crippen LogP contribution in [0.2, 0.25) is 0 Å². The molecule has 0 amide bonds. The zero-order valence-corrected chi connectivity index (χ0v) is 14.7. The average molecular weight is 342 g/mol. The van der Waals surface area contributed by atoms with Crippen molar-refractivity contribution in [1.29, 1.82) is 0 Å². The summed E-state index contributed by atoms with van der Waals surface area (Å²) in [7, 11) is 2.07. The van der Waals surface area contributed by atoms with Gasteiger partial charge in [-0.25, -0.2) is 9.97 Å². The molecule has 2 heterocycles. The average Bonchev–Trinajstić information content (AvgIpc) is 2.68. The van der Waals surface area contributed by atoms with Crippen molar-refractivity contribution in [2.24, 2.45) is 0 Å². The van der Waals surface area contributed by atoms with E-state index < -0.39 is 0 Å². The second-order valence-corrected chi connectivity index (χ2v) is 6.34. The Morgan fingerprint density at radius 3 is 2.48 bits per heavy atom. The van der Waals surface area contributed by atoms with Crippen LogP contribution in [0.15, 0.2) is 42.7 Å². The highest BCUT2D eigenvalue weighted by Gasteiger charge is 2.18. The van der Waals surface area contributed by atoms with Gasteiger partial charge in [-0.1, -0.05) is 30.3 Å². The van der Waals surface area contributed by atoms with Gasteiger partial charge in [0, 0.05) is 50.2 Å². The van der Waals surface area contributed by atoms with E-state index in [2.05, 4.69) is 38.9 Å². The Morgan fingerprint density at radius 2 is 1.84 bits per heavy atom. The quantitative estimate of drug-likeness (QED) is 0.829. The van der Waals surface area contributed by atoms with Crippen molar-refractivity contribution in [1.82, 2.24) is 14.9 Å². The molecular weight excluding hydrogens is 316 g/mol. The maximum atomic E-state index is 9.43. The lowest BCUT2D eigenvalue weighted by Crippen LogP contribution is -2.37. The van der Waals surface area contributed by atoms with Gasteiger partial charge in [-0.05, 0) is 19.0 Å². The molecule has 1 N–H and O–H groups in total. The zero-order chi connectivity index (χ0) is 17.5. The molecule has 0 bridgehead atoms. The molecule has 1 saturated heterocycles. The van der Waals surface area contributed by atoms with E-state index in [-0.39, 0.29) is 12.6 Å². The SMILES string of the molecule is CN(Cc1cnc(N2CCOCC2)nc1)C(CCO)c1ccccc1. The summed E-state index contributed by atoms with van der Waals surface area (Å²) in [6.45, 7) is 4.04. The Bertz CT molecular complexity index is 630. The minimum Gasteiger partial charge on any atom is -0.396 e. The third-order valence-corrected chi connectivity index (χ3v) is 4.54. The van der Waals surface area contributed by atoms with E-state index in [1.807, 2.05) is 30.6 Å². The van der Waals surface area contributed by atoms with Crippen LogP contribution in [0, 0.1) is 0 Å². The molecule has 134 valence electrons. The molecule has 1 aromatic carbocycles. The predicted molar refractivity (Wildman–Crippen MR) is 97.4 cm³/mol. The van der Waals surface area contributed by atoms with Crippen LogP contribution >= 0.6 is 0 Å². The molecule has 6 heteroatoms. The van der Waals surface area contributed by atoms with Crippen LogP contribution in [0.1, 0.15) is 23.6 Å². The van der Waals surface area contributed by atoms with Crippen LogP contribution in [-0.4, -0.2) is 59.9 Å². The molecule has 0 aliphatic carbocycles. The second kappa shape index (κ2) is 8.89. The Hall–Kier alpha value is -2.02. The minimum absolute atomic E-state index is 0.163. The second-order valence-electron chi connectivity index (χ2n) is 6.34. The summed E-state index contributed by atoms with van der Waals surface area (Å²) in [6, 6.07) is 10.5. The number of ether oxygens (including phenoxy) is 1. The number of benzene rings is 1. The number of aliphatic hydroxyl groups excluding tert-OH is 1. The molecule has 1 unspecified atom stereocenters. The highest BCUT2D eigenvalue weighted by atomic mass is 16.5. The van der Waals surface area contributed by atoms with E-state index in [4.69, 9.17) is 4.74 Å². The van der Waals surface area contributed by atoms with Crippen molar-refractivity contribution in [3.8, 4) is 0 Å². The smallest absolute Gasteiger partial charge is 0.225 e. The van der Waals surface area contributed by atoms with Crippen LogP contribution in [0.25, 0.3) is 0 Å². The number of morpholine rings is 1. The van der Waals surface area contributed by atoms with Crippen molar-refractivity contribution in [2.45, 2.75) is 19.0 Å². The summed E-state index contributed by atoms with van der Waals surface area (Å²) in [5, 5.41) is 9.43. The molecule has 25 heavy (non-hydrogen) atoms. The summed E-state index contributed by atoms with van der Waals surface area (Å²) in [4.78, 5) is 13.4. The summed E-state index contributed by atoms with van der Waals surface area (Å²) in [5.74, 6) is 0.768. The van der Waals surface area contributed by atoms with E-state index in [1.54, 1.807) is 0 Å². The molecular formula is C19H26N4O2. The van der Waals surface area contributed by atoms with Gasteiger partial charge in [0.25, 0.3) is 0 Å². The van der Waals surface area contributed by atoms with Crippen LogP contribution < -0.4 is 4.90 Å². The molecule has 3 rings (SSSR count). The maximum Gasteiger partial charge on any atom is 0.225 e. The first kappa shape index (κ1) is 17.8. The van der Waals surface area contributed by atoms with E-state index >= 15 is 0 Å². The van der Waals surface area contributed by atoms with Gasteiger partial charge < -0.3 is 14.7 Å². The Kier molecular flexibility index (Phi) is 6.33. The lowest BCUT2D eigenvalue weighted by Gasteiger charge is -2.29. The molecule has 0 saturated carbocycles. The van der Waals surface area contributed by atoms with Crippen molar-refractivity contribution < 1.29 is 9.84 Å². The summed E-state index contributed by atoms with van der Waals surface area (Å²) in [6.07, 6.45) is 4.50. The molecule has 1 fully saturated rings. The lowest BCUT2D eigenvalue weighted by atomic mass is 10.0. The summed E-state index contributed by atoms with van der Waals surface area (Å²) < 4.78 is 5.36. The minimum atomic E-state index is 0.163. The lowest BCUT2D eigenvalue weighted by molar-refractivity contribution is 0.122. The number of hydrogen-bond donors (Lipinski definition) is 1. The van der Waals surface area contributed by atoms with Crippen LogP contribution in [0.3, 0.4) is 0 Å². The first-order valence-corrected chi connectivity index (χ1v) is 8.77. The number of nitrogens with zero attached hydrogens (tertiary/aromatic N) is 4.